The van der Waals surface area contributed by atoms with Gasteiger partial charge in [-0.15, -0.1) is 11.8 Å². The van der Waals surface area contributed by atoms with Crippen molar-refractivity contribution in [2.24, 2.45) is 11.1 Å². The third-order valence-corrected chi connectivity index (χ3v) is 5.99. The molecule has 0 saturated heterocycles. The Morgan fingerprint density at radius 2 is 2.24 bits per heavy atom. The fourth-order valence-electron chi connectivity index (χ4n) is 2.25. The number of hydrogen-bond donors (Lipinski definition) is 2. The van der Waals surface area contributed by atoms with Gasteiger partial charge in [-0.2, -0.15) is 0 Å². The van der Waals surface area contributed by atoms with Crippen LogP contribution in [0.5, 0.6) is 0 Å². The molecule has 1 saturated carbocycles. The van der Waals surface area contributed by atoms with Gasteiger partial charge in [0.25, 0.3) is 0 Å². The predicted octanol–water partition coefficient (Wildman–Crippen LogP) is 1.78. The first-order valence-corrected chi connectivity index (χ1v) is 8.46. The number of aryl methyl sites for hydroxylation is 1. The van der Waals surface area contributed by atoms with Crippen molar-refractivity contribution in [2.75, 3.05) is 24.8 Å². The van der Waals surface area contributed by atoms with E-state index in [1.54, 1.807) is 7.11 Å². The number of thioether (sulfide) groups is 1. The Bertz CT molecular complexity index is 541. The number of nitrogens with one attached hydrogen (secondary N) is 1. The van der Waals surface area contributed by atoms with Gasteiger partial charge in [-0.3, -0.25) is 9.59 Å². The van der Waals surface area contributed by atoms with Gasteiger partial charge >= 0.3 is 0 Å². The van der Waals surface area contributed by atoms with Crippen LogP contribution in [0.15, 0.2) is 4.21 Å². The number of primary amides is 1. The maximum absolute atomic E-state index is 12.4. The van der Waals surface area contributed by atoms with E-state index in [2.05, 4.69) is 10.3 Å². The number of anilines is 1. The Morgan fingerprint density at radius 1 is 1.52 bits per heavy atom. The van der Waals surface area contributed by atoms with E-state index in [1.165, 1.54) is 23.1 Å². The van der Waals surface area contributed by atoms with Gasteiger partial charge in [0, 0.05) is 7.11 Å². The number of aromatic nitrogens is 1. The summed E-state index contributed by atoms with van der Waals surface area (Å²) < 4.78 is 6.07. The minimum Gasteiger partial charge on any atom is -0.384 e. The quantitative estimate of drug-likeness (QED) is 0.744. The zero-order valence-corrected chi connectivity index (χ0v) is 13.7. The summed E-state index contributed by atoms with van der Waals surface area (Å²) in [6, 6.07) is 0. The Morgan fingerprint density at radius 3 is 2.76 bits per heavy atom. The maximum atomic E-state index is 12.4. The molecule has 8 heteroatoms. The van der Waals surface area contributed by atoms with Gasteiger partial charge in [0.1, 0.15) is 0 Å². The average molecular weight is 329 g/mol. The average Bonchev–Trinajstić information content (AvgIpc) is 2.71. The molecule has 3 N–H and O–H groups in total. The van der Waals surface area contributed by atoms with Crippen molar-refractivity contribution < 1.29 is 14.3 Å². The van der Waals surface area contributed by atoms with E-state index >= 15 is 0 Å². The molecule has 0 bridgehead atoms. The topological polar surface area (TPSA) is 94.3 Å². The van der Waals surface area contributed by atoms with Crippen molar-refractivity contribution in [1.29, 1.82) is 0 Å². The zero-order valence-electron chi connectivity index (χ0n) is 12.1. The van der Waals surface area contributed by atoms with Crippen LogP contribution >= 0.6 is 23.1 Å². The molecule has 1 aromatic rings. The van der Waals surface area contributed by atoms with Crippen LogP contribution < -0.4 is 11.1 Å². The monoisotopic (exact) mass is 329 g/mol. The van der Waals surface area contributed by atoms with Gasteiger partial charge in [-0.25, -0.2) is 4.98 Å². The van der Waals surface area contributed by atoms with Gasteiger partial charge in [0.05, 0.1) is 27.7 Å². The normalized spacial score (nSPS) is 16.3. The molecule has 1 fully saturated rings. The third kappa shape index (κ3) is 3.75. The molecule has 6 nitrogen and oxygen atoms in total. The molecule has 1 aromatic heterocycles. The van der Waals surface area contributed by atoms with Crippen LogP contribution in [0, 0.1) is 12.3 Å². The summed E-state index contributed by atoms with van der Waals surface area (Å²) in [6.07, 6.45) is 2.74. The molecule has 1 heterocycles. The molecular formula is C13H19N3O3S2. The number of thiazole rings is 1. The summed E-state index contributed by atoms with van der Waals surface area (Å²) >= 11 is 2.72. The van der Waals surface area contributed by atoms with Crippen molar-refractivity contribution in [3.63, 3.8) is 0 Å². The van der Waals surface area contributed by atoms with Crippen LogP contribution in [-0.2, 0) is 14.3 Å². The van der Waals surface area contributed by atoms with Crippen molar-refractivity contribution in [1.82, 2.24) is 4.98 Å². The van der Waals surface area contributed by atoms with Crippen LogP contribution in [0.25, 0.3) is 0 Å². The van der Waals surface area contributed by atoms with E-state index in [-0.39, 0.29) is 17.6 Å². The second-order valence-electron chi connectivity index (χ2n) is 5.17. The second-order valence-corrected chi connectivity index (χ2v) is 7.41. The van der Waals surface area contributed by atoms with Gasteiger partial charge in [-0.1, -0.05) is 17.8 Å². The number of carbonyl (C=O) groups excluding carboxylic acids is 2. The van der Waals surface area contributed by atoms with Crippen molar-refractivity contribution >= 4 is 40.0 Å². The van der Waals surface area contributed by atoms with E-state index in [9.17, 15) is 9.59 Å². The van der Waals surface area contributed by atoms with Crippen LogP contribution in [0.1, 0.15) is 25.0 Å². The van der Waals surface area contributed by atoms with E-state index in [1.807, 2.05) is 6.92 Å². The van der Waals surface area contributed by atoms with E-state index < -0.39 is 5.41 Å². The molecule has 0 radical (unpaired) electrons. The van der Waals surface area contributed by atoms with Crippen LogP contribution in [0.2, 0.25) is 0 Å². The van der Waals surface area contributed by atoms with Crippen molar-refractivity contribution in [3.8, 4) is 0 Å². The van der Waals surface area contributed by atoms with E-state index in [0.717, 1.165) is 29.2 Å². The molecular weight excluding hydrogens is 310 g/mol. The van der Waals surface area contributed by atoms with E-state index in [0.29, 0.717) is 11.7 Å². The summed E-state index contributed by atoms with van der Waals surface area (Å²) in [5.74, 6) is -0.188. The smallest absolute Gasteiger partial charge is 0.234 e. The fourth-order valence-corrected chi connectivity index (χ4v) is 4.13. The molecule has 0 spiro atoms. The highest BCUT2D eigenvalue weighted by Crippen LogP contribution is 2.42. The molecule has 116 valence electrons. The third-order valence-electron chi connectivity index (χ3n) is 3.53. The number of ether oxygens (including phenoxy) is 1. The summed E-state index contributed by atoms with van der Waals surface area (Å²) in [4.78, 5) is 27.5. The lowest BCUT2D eigenvalue weighted by Gasteiger charge is -2.39. The Labute approximate surface area is 131 Å². The van der Waals surface area contributed by atoms with Crippen LogP contribution in [0.4, 0.5) is 5.13 Å². The summed E-state index contributed by atoms with van der Waals surface area (Å²) in [5, 5.41) is 3.44. The molecule has 0 unspecified atom stereocenters. The second kappa shape index (κ2) is 6.76. The first-order chi connectivity index (χ1) is 9.97. The minimum atomic E-state index is -0.408. The van der Waals surface area contributed by atoms with Gasteiger partial charge in [0.2, 0.25) is 11.8 Å². The lowest BCUT2D eigenvalue weighted by Crippen LogP contribution is -2.45. The Kier molecular flexibility index (Phi) is 5.23. The minimum absolute atomic E-state index is 0.0317. The highest BCUT2D eigenvalue weighted by molar-refractivity contribution is 8.01. The predicted molar refractivity (Wildman–Crippen MR) is 83.6 cm³/mol. The molecule has 21 heavy (non-hydrogen) atoms. The maximum Gasteiger partial charge on any atom is 0.234 e. The van der Waals surface area contributed by atoms with Crippen molar-refractivity contribution in [3.05, 3.63) is 5.69 Å². The molecule has 0 aliphatic heterocycles. The van der Waals surface area contributed by atoms with Gasteiger partial charge in [0.15, 0.2) is 5.13 Å². The van der Waals surface area contributed by atoms with Crippen LogP contribution in [0.3, 0.4) is 0 Å². The number of nitrogens with two attached hydrogens (primary N) is 1. The van der Waals surface area contributed by atoms with Gasteiger partial charge < -0.3 is 15.8 Å². The molecule has 1 aliphatic rings. The molecule has 0 atom stereocenters. The summed E-state index contributed by atoms with van der Waals surface area (Å²) in [6.45, 7) is 2.29. The van der Waals surface area contributed by atoms with Gasteiger partial charge in [-0.05, 0) is 19.8 Å². The summed E-state index contributed by atoms with van der Waals surface area (Å²) in [5.41, 5.74) is 5.53. The van der Waals surface area contributed by atoms with Crippen LogP contribution in [-0.4, -0.2) is 36.3 Å². The fraction of sp³-hybridized carbons (Fsp3) is 0.615. The number of hydrogen-bond acceptors (Lipinski definition) is 6. The number of rotatable bonds is 7. The first-order valence-electron chi connectivity index (χ1n) is 6.66. The first kappa shape index (κ1) is 16.3. The Balaban J connectivity index is 2.01. The standard InChI is InChI=1S/C13H19N3O3S2/c1-8-10(20-6-9(14)17)21-12(15-8)16-11(18)13(7-19-2)4-3-5-13/h3-7H2,1-2H3,(H2,14,17)(H,15,16,18). The SMILES string of the molecule is COCC1(C(=O)Nc2nc(C)c(SCC(N)=O)s2)CCC1. The lowest BCUT2D eigenvalue weighted by atomic mass is 9.68. The highest BCUT2D eigenvalue weighted by Gasteiger charge is 2.44. The number of methoxy groups -OCH3 is 1. The number of amides is 2. The van der Waals surface area contributed by atoms with Crippen molar-refractivity contribution in [2.45, 2.75) is 30.4 Å². The van der Waals surface area contributed by atoms with E-state index in [4.69, 9.17) is 10.5 Å². The molecule has 2 rings (SSSR count). The molecule has 2 amide bonds. The zero-order chi connectivity index (χ0) is 15.5. The Hall–Kier alpha value is -1.12. The largest absolute Gasteiger partial charge is 0.384 e. The number of nitrogens with zero attached hydrogens (tertiary/aromatic N) is 1. The molecule has 0 aromatic carbocycles. The highest BCUT2D eigenvalue weighted by atomic mass is 32.2. The summed E-state index contributed by atoms with van der Waals surface area (Å²) in [7, 11) is 1.61. The lowest BCUT2D eigenvalue weighted by molar-refractivity contribution is -0.134. The molecule has 1 aliphatic carbocycles. The number of carbonyl (C=O) groups is 2.